The molecule has 0 saturated carbocycles. The van der Waals surface area contributed by atoms with Crippen LogP contribution in [0.15, 0.2) is 42.5 Å². The summed E-state index contributed by atoms with van der Waals surface area (Å²) in [6.07, 6.45) is 0. The lowest BCUT2D eigenvalue weighted by Crippen LogP contribution is -2.17. The van der Waals surface area contributed by atoms with Gasteiger partial charge in [0.1, 0.15) is 11.3 Å². The van der Waals surface area contributed by atoms with E-state index in [9.17, 15) is 14.7 Å². The van der Waals surface area contributed by atoms with Crippen molar-refractivity contribution in [3.05, 3.63) is 59.2 Å². The van der Waals surface area contributed by atoms with Gasteiger partial charge in [-0.05, 0) is 36.4 Å². The molecule has 0 bridgehead atoms. The van der Waals surface area contributed by atoms with Crippen molar-refractivity contribution in [3.8, 4) is 11.8 Å². The molecule has 110 valence electrons. The van der Waals surface area contributed by atoms with Crippen LogP contribution >= 0.6 is 0 Å². The van der Waals surface area contributed by atoms with Crippen LogP contribution in [0.5, 0.6) is 5.75 Å². The lowest BCUT2D eigenvalue weighted by Gasteiger charge is -2.11. The van der Waals surface area contributed by atoms with Gasteiger partial charge in [-0.3, -0.25) is 4.79 Å². The van der Waals surface area contributed by atoms with Crippen LogP contribution in [-0.2, 0) is 0 Å². The molecule has 2 N–H and O–H groups in total. The summed E-state index contributed by atoms with van der Waals surface area (Å²) in [6.45, 7) is 0. The third-order valence-corrected chi connectivity index (χ3v) is 2.98. The van der Waals surface area contributed by atoms with E-state index in [-0.39, 0.29) is 16.9 Å². The van der Waals surface area contributed by atoms with Crippen molar-refractivity contribution in [1.29, 1.82) is 5.26 Å². The maximum atomic E-state index is 12.3. The Balaban J connectivity index is 2.33. The number of nitrogens with zero attached hydrogens (tertiary/aromatic N) is 1. The molecule has 0 fully saturated rings. The van der Waals surface area contributed by atoms with Crippen molar-refractivity contribution < 1.29 is 19.4 Å². The van der Waals surface area contributed by atoms with Crippen LogP contribution in [0.2, 0.25) is 0 Å². The third kappa shape index (κ3) is 3.04. The van der Waals surface area contributed by atoms with Gasteiger partial charge in [-0.2, -0.15) is 5.26 Å². The smallest absolute Gasteiger partial charge is 0.340 e. The highest BCUT2D eigenvalue weighted by Crippen LogP contribution is 2.23. The molecule has 0 aliphatic rings. The number of nitrogens with one attached hydrogen (secondary N) is 1. The Kier molecular flexibility index (Phi) is 4.39. The van der Waals surface area contributed by atoms with Crippen molar-refractivity contribution in [1.82, 2.24) is 0 Å². The Morgan fingerprint density at radius 2 is 1.86 bits per heavy atom. The normalized spacial score (nSPS) is 9.64. The molecule has 0 spiro atoms. The summed E-state index contributed by atoms with van der Waals surface area (Å²) in [5, 5.41) is 20.6. The van der Waals surface area contributed by atoms with Gasteiger partial charge in [0.05, 0.1) is 24.3 Å². The minimum atomic E-state index is -1.25. The van der Waals surface area contributed by atoms with Crippen LogP contribution in [-0.4, -0.2) is 24.1 Å². The van der Waals surface area contributed by atoms with Crippen molar-refractivity contribution >= 4 is 17.6 Å². The minimum Gasteiger partial charge on any atom is -0.496 e. The highest BCUT2D eigenvalue weighted by molar-refractivity contribution is 6.11. The first-order valence-electron chi connectivity index (χ1n) is 6.28. The number of carboxylic acids is 1. The van der Waals surface area contributed by atoms with Gasteiger partial charge in [-0.15, -0.1) is 0 Å². The molecule has 0 radical (unpaired) electrons. The van der Waals surface area contributed by atoms with E-state index in [1.807, 2.05) is 6.07 Å². The molecule has 2 aromatic rings. The van der Waals surface area contributed by atoms with Crippen LogP contribution in [0.4, 0.5) is 5.69 Å². The number of carbonyl (C=O) groups is 2. The molecule has 0 aliphatic carbocycles. The lowest BCUT2D eigenvalue weighted by atomic mass is 10.1. The summed E-state index contributed by atoms with van der Waals surface area (Å²) in [7, 11) is 1.34. The van der Waals surface area contributed by atoms with E-state index in [0.717, 1.165) is 0 Å². The first-order chi connectivity index (χ1) is 10.6. The van der Waals surface area contributed by atoms with Crippen molar-refractivity contribution in [3.63, 3.8) is 0 Å². The quantitative estimate of drug-likeness (QED) is 0.903. The molecule has 0 aliphatic heterocycles. The molecule has 0 heterocycles. The zero-order valence-electron chi connectivity index (χ0n) is 11.7. The van der Waals surface area contributed by atoms with Gasteiger partial charge in [0.2, 0.25) is 0 Å². The fourth-order valence-corrected chi connectivity index (χ4v) is 1.94. The van der Waals surface area contributed by atoms with Crippen molar-refractivity contribution in [2.24, 2.45) is 0 Å². The molecule has 1 amide bonds. The Bertz CT molecular complexity index is 761. The number of amides is 1. The molecule has 6 nitrogen and oxygen atoms in total. The number of ether oxygens (including phenoxy) is 1. The van der Waals surface area contributed by atoms with Gasteiger partial charge < -0.3 is 15.2 Å². The summed E-state index contributed by atoms with van der Waals surface area (Å²) >= 11 is 0. The fraction of sp³-hybridized carbons (Fsp3) is 0.0625. The first-order valence-corrected chi connectivity index (χ1v) is 6.28. The monoisotopic (exact) mass is 296 g/mol. The zero-order chi connectivity index (χ0) is 16.1. The van der Waals surface area contributed by atoms with E-state index < -0.39 is 11.9 Å². The Morgan fingerprint density at radius 1 is 1.18 bits per heavy atom. The van der Waals surface area contributed by atoms with Crippen LogP contribution < -0.4 is 10.1 Å². The maximum absolute atomic E-state index is 12.3. The second-order valence-corrected chi connectivity index (χ2v) is 4.33. The SMILES string of the molecule is COc1cccc(C(=O)Nc2ccc(C#N)cc2)c1C(=O)O. The minimum absolute atomic E-state index is 0.00351. The summed E-state index contributed by atoms with van der Waals surface area (Å²) in [4.78, 5) is 23.6. The van der Waals surface area contributed by atoms with E-state index in [1.54, 1.807) is 30.3 Å². The second-order valence-electron chi connectivity index (χ2n) is 4.33. The Hall–Kier alpha value is -3.33. The predicted octanol–water partition coefficient (Wildman–Crippen LogP) is 2.52. The number of methoxy groups -OCH3 is 1. The molecule has 2 rings (SSSR count). The van der Waals surface area contributed by atoms with Gasteiger partial charge in [0.25, 0.3) is 5.91 Å². The lowest BCUT2D eigenvalue weighted by molar-refractivity contribution is 0.0689. The number of carboxylic acid groups (broad SMARTS) is 1. The number of carbonyl (C=O) groups excluding carboxylic acids is 1. The maximum Gasteiger partial charge on any atom is 0.340 e. The second kappa shape index (κ2) is 6.41. The number of aromatic carboxylic acids is 1. The highest BCUT2D eigenvalue weighted by Gasteiger charge is 2.21. The summed E-state index contributed by atoms with van der Waals surface area (Å²) in [6, 6.07) is 12.6. The Morgan fingerprint density at radius 3 is 2.41 bits per heavy atom. The molecular formula is C16H12N2O4. The van der Waals surface area contributed by atoms with E-state index in [1.165, 1.54) is 19.2 Å². The Labute approximate surface area is 126 Å². The number of benzene rings is 2. The van der Waals surface area contributed by atoms with Crippen LogP contribution in [0.3, 0.4) is 0 Å². The molecule has 22 heavy (non-hydrogen) atoms. The molecule has 2 aromatic carbocycles. The van der Waals surface area contributed by atoms with Gasteiger partial charge >= 0.3 is 5.97 Å². The van der Waals surface area contributed by atoms with E-state index in [0.29, 0.717) is 11.3 Å². The number of rotatable bonds is 4. The topological polar surface area (TPSA) is 99.4 Å². The number of hydrogen-bond acceptors (Lipinski definition) is 4. The van der Waals surface area contributed by atoms with Crippen molar-refractivity contribution in [2.45, 2.75) is 0 Å². The van der Waals surface area contributed by atoms with Crippen molar-refractivity contribution in [2.75, 3.05) is 12.4 Å². The number of hydrogen-bond donors (Lipinski definition) is 2. The van der Waals surface area contributed by atoms with Gasteiger partial charge in [0.15, 0.2) is 0 Å². The molecule has 0 atom stereocenters. The summed E-state index contributed by atoms with van der Waals surface area (Å²) < 4.78 is 4.98. The molecule has 6 heteroatoms. The van der Waals surface area contributed by atoms with Crippen LogP contribution in [0.1, 0.15) is 26.3 Å². The molecule has 0 saturated heterocycles. The molecule has 0 unspecified atom stereocenters. The zero-order valence-corrected chi connectivity index (χ0v) is 11.7. The van der Waals surface area contributed by atoms with Gasteiger partial charge in [-0.1, -0.05) is 6.07 Å². The number of nitriles is 1. The van der Waals surface area contributed by atoms with Crippen LogP contribution in [0.25, 0.3) is 0 Å². The van der Waals surface area contributed by atoms with E-state index in [2.05, 4.69) is 5.32 Å². The summed E-state index contributed by atoms with van der Waals surface area (Å²) in [5.74, 6) is -1.71. The molecular weight excluding hydrogens is 284 g/mol. The summed E-state index contributed by atoms with van der Waals surface area (Å²) in [5.41, 5.74) is 0.723. The van der Waals surface area contributed by atoms with Gasteiger partial charge in [0, 0.05) is 5.69 Å². The fourth-order valence-electron chi connectivity index (χ4n) is 1.94. The average molecular weight is 296 g/mol. The first kappa shape index (κ1) is 15.1. The van der Waals surface area contributed by atoms with E-state index >= 15 is 0 Å². The standard InChI is InChI=1S/C16H12N2O4/c1-22-13-4-2-3-12(14(13)16(20)21)15(19)18-11-7-5-10(9-17)6-8-11/h2-8H,1H3,(H,18,19)(H,20,21). The number of anilines is 1. The highest BCUT2D eigenvalue weighted by atomic mass is 16.5. The average Bonchev–Trinajstić information content (AvgIpc) is 2.54. The molecule has 0 aromatic heterocycles. The van der Waals surface area contributed by atoms with Crippen LogP contribution in [0, 0.1) is 11.3 Å². The third-order valence-electron chi connectivity index (χ3n) is 2.98. The predicted molar refractivity (Wildman–Crippen MR) is 79.1 cm³/mol. The van der Waals surface area contributed by atoms with Gasteiger partial charge in [-0.25, -0.2) is 4.79 Å². The van der Waals surface area contributed by atoms with E-state index in [4.69, 9.17) is 10.00 Å². The largest absolute Gasteiger partial charge is 0.496 e.